The summed E-state index contributed by atoms with van der Waals surface area (Å²) in [5, 5.41) is 3.11. The van der Waals surface area contributed by atoms with Gasteiger partial charge in [0.05, 0.1) is 19.6 Å². The van der Waals surface area contributed by atoms with Crippen LogP contribution in [0.4, 0.5) is 0 Å². The van der Waals surface area contributed by atoms with Crippen LogP contribution < -0.4 is 15.0 Å². The summed E-state index contributed by atoms with van der Waals surface area (Å²) in [4.78, 5) is 13.7. The zero-order valence-electron chi connectivity index (χ0n) is 15.7. The Balaban J connectivity index is 1.72. The van der Waals surface area contributed by atoms with Gasteiger partial charge in [0.1, 0.15) is 5.75 Å². The van der Waals surface area contributed by atoms with Crippen LogP contribution in [0.15, 0.2) is 24.3 Å². The molecule has 0 saturated carbocycles. The lowest BCUT2D eigenvalue weighted by atomic mass is 9.87. The molecule has 134 valence electrons. The molecule has 1 aliphatic heterocycles. The summed E-state index contributed by atoms with van der Waals surface area (Å²) < 4.78 is 5.62. The number of hydrogen-bond donors (Lipinski definition) is 2. The first-order valence-electron chi connectivity index (χ1n) is 9.24. The van der Waals surface area contributed by atoms with Crippen molar-refractivity contribution in [1.29, 1.82) is 0 Å². The fourth-order valence-corrected chi connectivity index (χ4v) is 3.24. The molecule has 1 aliphatic rings. The average Bonchev–Trinajstić information content (AvgIpc) is 2.55. The molecule has 1 aromatic carbocycles. The lowest BCUT2D eigenvalue weighted by molar-refractivity contribution is -0.905. The summed E-state index contributed by atoms with van der Waals surface area (Å²) in [5.41, 5.74) is 1.39. The lowest BCUT2D eigenvalue weighted by Gasteiger charge is -2.29. The normalized spacial score (nSPS) is 21.3. The minimum atomic E-state index is -0.0150. The molecule has 1 fully saturated rings. The number of likely N-dealkylation sites (tertiary alicyclic amines) is 1. The third kappa shape index (κ3) is 5.82. The largest absolute Gasteiger partial charge is 0.484 e. The van der Waals surface area contributed by atoms with Gasteiger partial charge in [-0.15, -0.1) is 0 Å². The first-order chi connectivity index (χ1) is 11.4. The molecule has 0 bridgehead atoms. The predicted molar refractivity (Wildman–Crippen MR) is 97.7 cm³/mol. The van der Waals surface area contributed by atoms with Gasteiger partial charge in [-0.1, -0.05) is 39.8 Å². The monoisotopic (exact) mass is 333 g/mol. The van der Waals surface area contributed by atoms with E-state index >= 15 is 0 Å². The molecule has 1 heterocycles. The van der Waals surface area contributed by atoms with Crippen LogP contribution >= 0.6 is 0 Å². The quantitative estimate of drug-likeness (QED) is 0.835. The Hall–Kier alpha value is -1.55. The van der Waals surface area contributed by atoms with E-state index in [0.29, 0.717) is 6.04 Å². The number of carbonyl (C=O) groups is 1. The van der Waals surface area contributed by atoms with E-state index in [2.05, 4.69) is 45.1 Å². The Morgan fingerprint density at radius 3 is 2.38 bits per heavy atom. The van der Waals surface area contributed by atoms with E-state index in [9.17, 15) is 4.79 Å². The van der Waals surface area contributed by atoms with Crippen molar-refractivity contribution in [2.24, 2.45) is 0 Å². The minimum Gasteiger partial charge on any atom is -0.484 e. The maximum Gasteiger partial charge on any atom is 0.258 e. The molecule has 2 N–H and O–H groups in total. The standard InChI is InChI=1S/C20H32N2O2/c1-5-12-22-13-10-17(11-14-22)21-19(23)15-24-18-8-6-16(7-9-18)20(2,3)4/h6-9,17H,5,10-15H2,1-4H3,(H,21,23)/p+1. The van der Waals surface area contributed by atoms with Crippen LogP contribution in [-0.2, 0) is 10.2 Å². The minimum absolute atomic E-state index is 0.0150. The average molecular weight is 333 g/mol. The van der Waals surface area contributed by atoms with Crippen LogP contribution in [0.5, 0.6) is 5.75 Å². The van der Waals surface area contributed by atoms with Gasteiger partial charge < -0.3 is 15.0 Å². The molecule has 0 radical (unpaired) electrons. The van der Waals surface area contributed by atoms with Crippen LogP contribution in [0.2, 0.25) is 0 Å². The highest BCUT2D eigenvalue weighted by atomic mass is 16.5. The van der Waals surface area contributed by atoms with Gasteiger partial charge in [0.25, 0.3) is 5.91 Å². The first kappa shape index (κ1) is 18.8. The Morgan fingerprint density at radius 1 is 1.21 bits per heavy atom. The summed E-state index contributed by atoms with van der Waals surface area (Å²) in [6.45, 7) is 12.4. The molecule has 0 aliphatic carbocycles. The predicted octanol–water partition coefficient (Wildman–Crippen LogP) is 1.94. The highest BCUT2D eigenvalue weighted by Crippen LogP contribution is 2.24. The van der Waals surface area contributed by atoms with Gasteiger partial charge in [-0.25, -0.2) is 0 Å². The number of nitrogens with one attached hydrogen (secondary N) is 2. The molecule has 0 spiro atoms. The molecule has 0 unspecified atom stereocenters. The third-order valence-corrected chi connectivity index (χ3v) is 4.75. The molecule has 1 saturated heterocycles. The Labute approximate surface area is 146 Å². The molecular weight excluding hydrogens is 300 g/mol. The fourth-order valence-electron chi connectivity index (χ4n) is 3.24. The van der Waals surface area contributed by atoms with Crippen molar-refractivity contribution in [3.8, 4) is 5.75 Å². The molecule has 1 aromatic rings. The number of carbonyl (C=O) groups excluding carboxylic acids is 1. The highest BCUT2D eigenvalue weighted by molar-refractivity contribution is 5.77. The van der Waals surface area contributed by atoms with E-state index in [1.54, 1.807) is 4.90 Å². The number of amides is 1. The fraction of sp³-hybridized carbons (Fsp3) is 0.650. The van der Waals surface area contributed by atoms with Crippen LogP contribution in [0.3, 0.4) is 0 Å². The smallest absolute Gasteiger partial charge is 0.258 e. The number of benzene rings is 1. The van der Waals surface area contributed by atoms with Gasteiger partial charge in [0, 0.05) is 18.9 Å². The van der Waals surface area contributed by atoms with Gasteiger partial charge >= 0.3 is 0 Å². The molecule has 4 nitrogen and oxygen atoms in total. The zero-order valence-corrected chi connectivity index (χ0v) is 15.7. The van der Waals surface area contributed by atoms with E-state index in [4.69, 9.17) is 4.74 Å². The molecule has 2 rings (SSSR count). The van der Waals surface area contributed by atoms with Gasteiger partial charge in [-0.2, -0.15) is 0 Å². The molecule has 24 heavy (non-hydrogen) atoms. The van der Waals surface area contributed by atoms with Crippen molar-refractivity contribution in [3.63, 3.8) is 0 Å². The van der Waals surface area contributed by atoms with E-state index in [0.717, 1.165) is 31.7 Å². The van der Waals surface area contributed by atoms with Crippen LogP contribution in [-0.4, -0.2) is 38.2 Å². The third-order valence-electron chi connectivity index (χ3n) is 4.75. The molecule has 0 aromatic heterocycles. The van der Waals surface area contributed by atoms with Crippen LogP contribution in [0.25, 0.3) is 0 Å². The number of piperidine rings is 1. The van der Waals surface area contributed by atoms with Crippen molar-refractivity contribution in [1.82, 2.24) is 5.32 Å². The van der Waals surface area contributed by atoms with E-state index in [1.165, 1.54) is 18.5 Å². The van der Waals surface area contributed by atoms with Crippen molar-refractivity contribution in [2.75, 3.05) is 26.2 Å². The van der Waals surface area contributed by atoms with Gasteiger partial charge in [-0.05, 0) is 29.5 Å². The van der Waals surface area contributed by atoms with Gasteiger partial charge in [-0.3, -0.25) is 4.79 Å². The maximum atomic E-state index is 12.1. The highest BCUT2D eigenvalue weighted by Gasteiger charge is 2.22. The molecule has 0 atom stereocenters. The number of hydrogen-bond acceptors (Lipinski definition) is 2. The maximum absolute atomic E-state index is 12.1. The number of ether oxygens (including phenoxy) is 1. The second-order valence-electron chi connectivity index (χ2n) is 7.90. The summed E-state index contributed by atoms with van der Waals surface area (Å²) in [7, 11) is 0. The summed E-state index contributed by atoms with van der Waals surface area (Å²) >= 11 is 0. The van der Waals surface area contributed by atoms with Crippen molar-refractivity contribution in [3.05, 3.63) is 29.8 Å². The summed E-state index contributed by atoms with van der Waals surface area (Å²) in [6, 6.07) is 8.34. The number of rotatable bonds is 6. The summed E-state index contributed by atoms with van der Waals surface area (Å²) in [6.07, 6.45) is 3.37. The second kappa shape index (κ2) is 8.52. The van der Waals surface area contributed by atoms with E-state index < -0.39 is 0 Å². The Kier molecular flexibility index (Phi) is 6.67. The summed E-state index contributed by atoms with van der Waals surface area (Å²) in [5.74, 6) is 0.735. The molecular formula is C20H33N2O2+. The lowest BCUT2D eigenvalue weighted by Crippen LogP contribution is -3.13. The SMILES string of the molecule is CCC[NH+]1CCC(NC(=O)COc2ccc(C(C)(C)C)cc2)CC1. The van der Waals surface area contributed by atoms with E-state index in [-0.39, 0.29) is 17.9 Å². The zero-order chi connectivity index (χ0) is 17.6. The van der Waals surface area contributed by atoms with E-state index in [1.807, 2.05) is 12.1 Å². The van der Waals surface area contributed by atoms with Gasteiger partial charge in [0.2, 0.25) is 0 Å². The first-order valence-corrected chi connectivity index (χ1v) is 9.24. The molecule has 4 heteroatoms. The Morgan fingerprint density at radius 2 is 1.83 bits per heavy atom. The van der Waals surface area contributed by atoms with Crippen molar-refractivity contribution < 1.29 is 14.4 Å². The van der Waals surface area contributed by atoms with Crippen LogP contribution in [0, 0.1) is 0 Å². The van der Waals surface area contributed by atoms with Crippen molar-refractivity contribution in [2.45, 2.75) is 58.4 Å². The van der Waals surface area contributed by atoms with Gasteiger partial charge in [0.15, 0.2) is 6.61 Å². The Bertz CT molecular complexity index is 511. The molecule has 1 amide bonds. The number of quaternary nitrogens is 1. The second-order valence-corrected chi connectivity index (χ2v) is 7.90. The van der Waals surface area contributed by atoms with Crippen LogP contribution in [0.1, 0.15) is 52.5 Å². The topological polar surface area (TPSA) is 42.8 Å². The van der Waals surface area contributed by atoms with Crippen molar-refractivity contribution >= 4 is 5.91 Å².